The molecule has 1 aromatic heterocycles. The lowest BCUT2D eigenvalue weighted by molar-refractivity contribution is 0.0383. The van der Waals surface area contributed by atoms with Gasteiger partial charge < -0.3 is 19.5 Å². The van der Waals surface area contributed by atoms with Crippen LogP contribution in [-0.2, 0) is 11.2 Å². The standard InChI is InChI=1S/C27H30N2O5S/c1-32-24-18-19(16-22(26(24)33-2)25-4-3-15-35-25)17-23(30)20-5-7-21(8-6-20)27(31)28-9-10-29-11-13-34-14-12-29/h3-8,15-16,18H,9-14,17H2,1-2H3,(H,28,31). The van der Waals surface area contributed by atoms with E-state index in [0.29, 0.717) is 29.2 Å². The van der Waals surface area contributed by atoms with Crippen LogP contribution in [-0.4, -0.2) is 70.2 Å². The third-order valence-electron chi connectivity index (χ3n) is 5.98. The van der Waals surface area contributed by atoms with Crippen molar-refractivity contribution in [2.24, 2.45) is 0 Å². The first-order valence-corrected chi connectivity index (χ1v) is 12.5. The van der Waals surface area contributed by atoms with E-state index in [0.717, 1.165) is 48.9 Å². The quantitative estimate of drug-likeness (QED) is 0.431. The number of thiophene rings is 1. The van der Waals surface area contributed by atoms with E-state index in [9.17, 15) is 9.59 Å². The summed E-state index contributed by atoms with van der Waals surface area (Å²) in [6.45, 7) is 4.63. The van der Waals surface area contributed by atoms with Crippen molar-refractivity contribution in [1.29, 1.82) is 0 Å². The molecule has 35 heavy (non-hydrogen) atoms. The molecule has 1 saturated heterocycles. The van der Waals surface area contributed by atoms with Gasteiger partial charge >= 0.3 is 0 Å². The average molecular weight is 495 g/mol. The fourth-order valence-electron chi connectivity index (χ4n) is 4.09. The number of benzene rings is 2. The van der Waals surface area contributed by atoms with E-state index in [1.54, 1.807) is 49.8 Å². The van der Waals surface area contributed by atoms with Gasteiger partial charge in [-0.15, -0.1) is 11.3 Å². The Morgan fingerprint density at radius 2 is 1.77 bits per heavy atom. The molecule has 0 saturated carbocycles. The van der Waals surface area contributed by atoms with Crippen LogP contribution in [0.4, 0.5) is 0 Å². The molecule has 1 aliphatic rings. The molecule has 1 aliphatic heterocycles. The summed E-state index contributed by atoms with van der Waals surface area (Å²) in [5.74, 6) is 1.06. The van der Waals surface area contributed by atoms with Gasteiger partial charge in [0.05, 0.1) is 27.4 Å². The summed E-state index contributed by atoms with van der Waals surface area (Å²) in [7, 11) is 3.20. The molecule has 0 unspecified atom stereocenters. The van der Waals surface area contributed by atoms with Crippen molar-refractivity contribution in [3.63, 3.8) is 0 Å². The third-order valence-corrected chi connectivity index (χ3v) is 6.88. The van der Waals surface area contributed by atoms with Crippen LogP contribution in [0.15, 0.2) is 53.9 Å². The number of hydrogen-bond acceptors (Lipinski definition) is 7. The number of ether oxygens (including phenoxy) is 3. The number of methoxy groups -OCH3 is 2. The number of hydrogen-bond donors (Lipinski definition) is 1. The SMILES string of the molecule is COc1cc(CC(=O)c2ccc(C(=O)NCCN3CCOCC3)cc2)cc(-c2cccs2)c1OC. The van der Waals surface area contributed by atoms with Gasteiger partial charge in [-0.1, -0.05) is 18.2 Å². The van der Waals surface area contributed by atoms with E-state index in [2.05, 4.69) is 10.2 Å². The molecule has 3 aromatic rings. The van der Waals surface area contributed by atoms with Crippen molar-refractivity contribution in [2.75, 3.05) is 53.6 Å². The van der Waals surface area contributed by atoms with Gasteiger partial charge in [0.25, 0.3) is 5.91 Å². The molecule has 2 aromatic carbocycles. The molecule has 0 aliphatic carbocycles. The molecule has 7 nitrogen and oxygen atoms in total. The monoisotopic (exact) mass is 494 g/mol. The van der Waals surface area contributed by atoms with Crippen LogP contribution in [0.2, 0.25) is 0 Å². The zero-order valence-electron chi connectivity index (χ0n) is 20.0. The predicted molar refractivity (Wildman–Crippen MR) is 137 cm³/mol. The van der Waals surface area contributed by atoms with Gasteiger partial charge in [0.2, 0.25) is 0 Å². The predicted octanol–water partition coefficient (Wildman–Crippen LogP) is 3.92. The zero-order valence-corrected chi connectivity index (χ0v) is 20.9. The van der Waals surface area contributed by atoms with Crippen LogP contribution < -0.4 is 14.8 Å². The van der Waals surface area contributed by atoms with E-state index in [1.807, 2.05) is 29.6 Å². The minimum Gasteiger partial charge on any atom is -0.493 e. The second-order valence-corrected chi connectivity index (χ2v) is 9.19. The Balaban J connectivity index is 1.40. The second kappa shape index (κ2) is 12.0. The van der Waals surface area contributed by atoms with Crippen LogP contribution >= 0.6 is 11.3 Å². The molecule has 0 radical (unpaired) electrons. The largest absolute Gasteiger partial charge is 0.493 e. The van der Waals surface area contributed by atoms with Gasteiger partial charge in [-0.3, -0.25) is 14.5 Å². The van der Waals surface area contributed by atoms with Crippen LogP contribution in [0, 0.1) is 0 Å². The first-order chi connectivity index (χ1) is 17.1. The average Bonchev–Trinajstić information content (AvgIpc) is 3.44. The molecule has 1 fully saturated rings. The lowest BCUT2D eigenvalue weighted by Gasteiger charge is -2.26. The van der Waals surface area contributed by atoms with Crippen LogP contribution in [0.1, 0.15) is 26.3 Å². The van der Waals surface area contributed by atoms with Gasteiger partial charge in [0.15, 0.2) is 17.3 Å². The first-order valence-electron chi connectivity index (χ1n) is 11.6. The Morgan fingerprint density at radius 3 is 2.43 bits per heavy atom. The highest BCUT2D eigenvalue weighted by molar-refractivity contribution is 7.13. The molecule has 0 atom stereocenters. The molecule has 8 heteroatoms. The summed E-state index contributed by atoms with van der Waals surface area (Å²) in [5, 5.41) is 4.95. The molecule has 0 bridgehead atoms. The van der Waals surface area contributed by atoms with Crippen molar-refractivity contribution in [3.8, 4) is 21.9 Å². The van der Waals surface area contributed by atoms with Crippen molar-refractivity contribution < 1.29 is 23.8 Å². The molecular formula is C27H30N2O5S. The Morgan fingerprint density at radius 1 is 1.03 bits per heavy atom. The summed E-state index contributed by atoms with van der Waals surface area (Å²) in [5.41, 5.74) is 2.83. The Labute approximate surface area is 209 Å². The maximum Gasteiger partial charge on any atom is 0.251 e. The Hall–Kier alpha value is -3.20. The lowest BCUT2D eigenvalue weighted by Crippen LogP contribution is -2.41. The first kappa shape index (κ1) is 24.9. The highest BCUT2D eigenvalue weighted by Crippen LogP contribution is 2.41. The maximum absolute atomic E-state index is 13.0. The minimum absolute atomic E-state index is 0.0337. The highest BCUT2D eigenvalue weighted by atomic mass is 32.1. The maximum atomic E-state index is 13.0. The summed E-state index contributed by atoms with van der Waals surface area (Å²) < 4.78 is 16.5. The molecule has 4 rings (SSSR count). The van der Waals surface area contributed by atoms with Gasteiger partial charge in [0, 0.05) is 54.2 Å². The smallest absolute Gasteiger partial charge is 0.251 e. The molecule has 184 valence electrons. The lowest BCUT2D eigenvalue weighted by atomic mass is 9.99. The van der Waals surface area contributed by atoms with E-state index < -0.39 is 0 Å². The molecule has 0 spiro atoms. The number of carbonyl (C=O) groups excluding carboxylic acids is 2. The number of Topliss-reactive ketones (excluding diaryl/α,β-unsaturated/α-hetero) is 1. The number of nitrogens with one attached hydrogen (secondary N) is 1. The highest BCUT2D eigenvalue weighted by Gasteiger charge is 2.17. The molecule has 1 amide bonds. The number of nitrogens with zero attached hydrogens (tertiary/aromatic N) is 1. The second-order valence-electron chi connectivity index (χ2n) is 8.24. The van der Waals surface area contributed by atoms with Crippen LogP contribution in [0.25, 0.3) is 10.4 Å². The normalized spacial score (nSPS) is 13.9. The topological polar surface area (TPSA) is 77.1 Å². The Bertz CT molecular complexity index is 1140. The van der Waals surface area contributed by atoms with Crippen LogP contribution in [0.3, 0.4) is 0 Å². The number of ketones is 1. The summed E-state index contributed by atoms with van der Waals surface area (Å²) in [6, 6.07) is 14.6. The van der Waals surface area contributed by atoms with Gasteiger partial charge in [-0.2, -0.15) is 0 Å². The molecule has 2 heterocycles. The minimum atomic E-state index is -0.141. The van der Waals surface area contributed by atoms with Crippen molar-refractivity contribution in [2.45, 2.75) is 6.42 Å². The van der Waals surface area contributed by atoms with Crippen molar-refractivity contribution in [3.05, 3.63) is 70.6 Å². The summed E-state index contributed by atoms with van der Waals surface area (Å²) in [4.78, 5) is 28.8. The molecular weight excluding hydrogens is 464 g/mol. The molecule has 1 N–H and O–H groups in total. The van der Waals surface area contributed by atoms with E-state index in [-0.39, 0.29) is 18.1 Å². The number of carbonyl (C=O) groups is 2. The fourth-order valence-corrected chi connectivity index (χ4v) is 4.83. The number of amides is 1. The van der Waals surface area contributed by atoms with Gasteiger partial charge in [0.1, 0.15) is 0 Å². The number of rotatable bonds is 10. The van der Waals surface area contributed by atoms with Gasteiger partial charge in [-0.05, 0) is 41.3 Å². The number of morpholine rings is 1. The van der Waals surface area contributed by atoms with E-state index in [1.165, 1.54) is 0 Å². The zero-order chi connectivity index (χ0) is 24.6. The third kappa shape index (κ3) is 6.28. The van der Waals surface area contributed by atoms with E-state index >= 15 is 0 Å². The van der Waals surface area contributed by atoms with Crippen molar-refractivity contribution >= 4 is 23.0 Å². The van der Waals surface area contributed by atoms with Gasteiger partial charge in [-0.25, -0.2) is 0 Å². The summed E-state index contributed by atoms with van der Waals surface area (Å²) in [6.07, 6.45) is 0.212. The summed E-state index contributed by atoms with van der Waals surface area (Å²) >= 11 is 1.60. The Kier molecular flexibility index (Phi) is 8.52. The van der Waals surface area contributed by atoms with Crippen LogP contribution in [0.5, 0.6) is 11.5 Å². The van der Waals surface area contributed by atoms with E-state index in [4.69, 9.17) is 14.2 Å². The fraction of sp³-hybridized carbons (Fsp3) is 0.333. The van der Waals surface area contributed by atoms with Crippen molar-refractivity contribution in [1.82, 2.24) is 10.2 Å².